The van der Waals surface area contributed by atoms with Gasteiger partial charge >= 0.3 is 6.01 Å². The summed E-state index contributed by atoms with van der Waals surface area (Å²) in [6.45, 7) is 2.25. The van der Waals surface area contributed by atoms with Crippen LogP contribution < -0.4 is 11.1 Å². The highest BCUT2D eigenvalue weighted by Crippen LogP contribution is 2.22. The lowest BCUT2D eigenvalue weighted by Crippen LogP contribution is -1.95. The molecule has 0 saturated heterocycles. The van der Waals surface area contributed by atoms with E-state index >= 15 is 0 Å². The van der Waals surface area contributed by atoms with Crippen molar-refractivity contribution in [2.45, 2.75) is 13.5 Å². The molecule has 5 nitrogen and oxygen atoms in total. The second-order valence-corrected chi connectivity index (χ2v) is 4.15. The molecule has 1 aromatic carbocycles. The second-order valence-electron chi connectivity index (χ2n) is 3.29. The van der Waals surface area contributed by atoms with Crippen LogP contribution in [-0.2, 0) is 6.54 Å². The SMILES string of the molecule is Cc1cc(Nc2nnc(CN)o2)ccc1Br. The Morgan fingerprint density at radius 3 is 2.88 bits per heavy atom. The second kappa shape index (κ2) is 4.63. The first-order valence-corrected chi connectivity index (χ1v) is 5.54. The number of aryl methyl sites for hydroxylation is 1. The number of hydrogen-bond acceptors (Lipinski definition) is 5. The molecule has 0 unspecified atom stereocenters. The monoisotopic (exact) mass is 282 g/mol. The molecule has 0 bridgehead atoms. The number of benzene rings is 1. The van der Waals surface area contributed by atoms with Crippen LogP contribution in [0.2, 0.25) is 0 Å². The first kappa shape index (κ1) is 11.1. The van der Waals surface area contributed by atoms with Crippen molar-refractivity contribution in [2.75, 3.05) is 5.32 Å². The summed E-state index contributed by atoms with van der Waals surface area (Å²) in [5.74, 6) is 0.413. The average Bonchev–Trinajstić information content (AvgIpc) is 2.71. The van der Waals surface area contributed by atoms with E-state index in [1.807, 2.05) is 25.1 Å². The first-order chi connectivity index (χ1) is 7.69. The summed E-state index contributed by atoms with van der Waals surface area (Å²) >= 11 is 3.43. The number of nitrogens with zero attached hydrogens (tertiary/aromatic N) is 2. The Kier molecular flexibility index (Phi) is 3.21. The van der Waals surface area contributed by atoms with E-state index in [9.17, 15) is 0 Å². The number of anilines is 2. The molecule has 1 aromatic heterocycles. The van der Waals surface area contributed by atoms with Gasteiger partial charge in [-0.05, 0) is 30.7 Å². The largest absolute Gasteiger partial charge is 0.406 e. The fraction of sp³-hybridized carbons (Fsp3) is 0.200. The molecule has 0 aliphatic heterocycles. The van der Waals surface area contributed by atoms with Crippen molar-refractivity contribution in [3.63, 3.8) is 0 Å². The summed E-state index contributed by atoms with van der Waals surface area (Å²) < 4.78 is 6.30. The minimum Gasteiger partial charge on any atom is -0.406 e. The molecule has 0 aliphatic carbocycles. The molecule has 16 heavy (non-hydrogen) atoms. The molecule has 0 fully saturated rings. The van der Waals surface area contributed by atoms with Crippen molar-refractivity contribution in [1.29, 1.82) is 0 Å². The molecule has 3 N–H and O–H groups in total. The van der Waals surface area contributed by atoms with Crippen LogP contribution in [0.4, 0.5) is 11.7 Å². The maximum Gasteiger partial charge on any atom is 0.320 e. The van der Waals surface area contributed by atoms with Gasteiger partial charge in [-0.15, -0.1) is 5.10 Å². The van der Waals surface area contributed by atoms with Crippen molar-refractivity contribution in [3.8, 4) is 0 Å². The zero-order valence-corrected chi connectivity index (χ0v) is 10.3. The third-order valence-corrected chi connectivity index (χ3v) is 2.94. The zero-order valence-electron chi connectivity index (χ0n) is 8.70. The molecule has 0 atom stereocenters. The number of hydrogen-bond donors (Lipinski definition) is 2. The first-order valence-electron chi connectivity index (χ1n) is 4.74. The normalized spacial score (nSPS) is 10.4. The van der Waals surface area contributed by atoms with Gasteiger partial charge in [-0.25, -0.2) is 0 Å². The van der Waals surface area contributed by atoms with E-state index in [1.165, 1.54) is 0 Å². The van der Waals surface area contributed by atoms with Crippen molar-refractivity contribution in [1.82, 2.24) is 10.2 Å². The van der Waals surface area contributed by atoms with Crippen molar-refractivity contribution in [2.24, 2.45) is 5.73 Å². The van der Waals surface area contributed by atoms with Gasteiger partial charge in [-0.3, -0.25) is 0 Å². The standard InChI is InChI=1S/C10H11BrN4O/c1-6-4-7(2-3-8(6)11)13-10-15-14-9(5-12)16-10/h2-4H,5,12H2,1H3,(H,13,15). The van der Waals surface area contributed by atoms with Gasteiger partial charge in [0.05, 0.1) is 6.54 Å². The summed E-state index contributed by atoms with van der Waals surface area (Å²) in [5, 5.41) is 10.6. The summed E-state index contributed by atoms with van der Waals surface area (Å²) in [5.41, 5.74) is 7.39. The lowest BCUT2D eigenvalue weighted by atomic mass is 10.2. The summed E-state index contributed by atoms with van der Waals surface area (Å²) in [4.78, 5) is 0. The van der Waals surface area contributed by atoms with E-state index in [2.05, 4.69) is 31.4 Å². The quantitative estimate of drug-likeness (QED) is 0.904. The van der Waals surface area contributed by atoms with Gasteiger partial charge in [0.1, 0.15) is 0 Å². The van der Waals surface area contributed by atoms with Gasteiger partial charge in [-0.2, -0.15) is 0 Å². The molecule has 6 heteroatoms. The molecule has 0 spiro atoms. The molecular weight excluding hydrogens is 272 g/mol. The van der Waals surface area contributed by atoms with Crippen molar-refractivity contribution >= 4 is 27.6 Å². The Balaban J connectivity index is 2.17. The third-order valence-electron chi connectivity index (χ3n) is 2.05. The minimum absolute atomic E-state index is 0.244. The number of nitrogens with two attached hydrogens (primary N) is 1. The van der Waals surface area contributed by atoms with E-state index in [0.717, 1.165) is 15.7 Å². The predicted molar refractivity (Wildman–Crippen MR) is 64.4 cm³/mol. The lowest BCUT2D eigenvalue weighted by Gasteiger charge is -2.03. The Morgan fingerprint density at radius 1 is 1.44 bits per heavy atom. The fourth-order valence-corrected chi connectivity index (χ4v) is 1.48. The Bertz CT molecular complexity index is 497. The molecular formula is C10H11BrN4O. The highest BCUT2D eigenvalue weighted by molar-refractivity contribution is 9.10. The third kappa shape index (κ3) is 2.40. The average molecular weight is 283 g/mol. The fourth-order valence-electron chi connectivity index (χ4n) is 1.23. The van der Waals surface area contributed by atoms with Crippen LogP contribution in [0.5, 0.6) is 0 Å². The summed E-state index contributed by atoms with van der Waals surface area (Å²) in [6.07, 6.45) is 0. The Hall–Kier alpha value is -1.40. The van der Waals surface area contributed by atoms with Crippen molar-refractivity contribution in [3.05, 3.63) is 34.1 Å². The minimum atomic E-state index is 0.244. The highest BCUT2D eigenvalue weighted by Gasteiger charge is 2.04. The van der Waals surface area contributed by atoms with E-state index < -0.39 is 0 Å². The number of aromatic nitrogens is 2. The molecule has 2 rings (SSSR count). The van der Waals surface area contributed by atoms with Crippen LogP contribution in [0, 0.1) is 6.92 Å². The van der Waals surface area contributed by atoms with Gasteiger partial charge in [0.2, 0.25) is 5.89 Å². The highest BCUT2D eigenvalue weighted by atomic mass is 79.9. The van der Waals surface area contributed by atoms with Crippen molar-refractivity contribution < 1.29 is 4.42 Å². The molecule has 0 radical (unpaired) electrons. The van der Waals surface area contributed by atoms with Crippen LogP contribution in [-0.4, -0.2) is 10.2 Å². The van der Waals surface area contributed by atoms with E-state index in [1.54, 1.807) is 0 Å². The zero-order chi connectivity index (χ0) is 11.5. The molecule has 84 valence electrons. The lowest BCUT2D eigenvalue weighted by molar-refractivity contribution is 0.511. The number of halogens is 1. The van der Waals surface area contributed by atoms with Gasteiger partial charge < -0.3 is 15.5 Å². The maximum absolute atomic E-state index is 5.37. The number of nitrogens with one attached hydrogen (secondary N) is 1. The topological polar surface area (TPSA) is 77.0 Å². The molecule has 0 amide bonds. The Morgan fingerprint density at radius 2 is 2.25 bits per heavy atom. The molecule has 1 heterocycles. The molecule has 0 saturated carbocycles. The van der Waals surface area contributed by atoms with Crippen LogP contribution in [0.3, 0.4) is 0 Å². The van der Waals surface area contributed by atoms with Crippen LogP contribution >= 0.6 is 15.9 Å². The van der Waals surface area contributed by atoms with E-state index in [-0.39, 0.29) is 6.54 Å². The number of rotatable bonds is 3. The smallest absolute Gasteiger partial charge is 0.320 e. The maximum atomic E-state index is 5.37. The molecule has 2 aromatic rings. The van der Waals surface area contributed by atoms with Gasteiger partial charge in [-0.1, -0.05) is 21.0 Å². The molecule has 0 aliphatic rings. The van der Waals surface area contributed by atoms with Crippen LogP contribution in [0.15, 0.2) is 27.1 Å². The Labute approximate surface area is 101 Å². The van der Waals surface area contributed by atoms with Gasteiger partial charge in [0, 0.05) is 10.2 Å². The van der Waals surface area contributed by atoms with Crippen LogP contribution in [0.1, 0.15) is 11.5 Å². The van der Waals surface area contributed by atoms with Gasteiger partial charge in [0.15, 0.2) is 0 Å². The van der Waals surface area contributed by atoms with Gasteiger partial charge in [0.25, 0.3) is 0 Å². The van der Waals surface area contributed by atoms with Crippen LogP contribution in [0.25, 0.3) is 0 Å². The van der Waals surface area contributed by atoms with E-state index in [4.69, 9.17) is 10.2 Å². The summed E-state index contributed by atoms with van der Waals surface area (Å²) in [7, 11) is 0. The predicted octanol–water partition coefficient (Wildman–Crippen LogP) is 2.34. The van der Waals surface area contributed by atoms with E-state index in [0.29, 0.717) is 11.9 Å². The summed E-state index contributed by atoms with van der Waals surface area (Å²) in [6, 6.07) is 6.21.